The first-order valence-corrected chi connectivity index (χ1v) is 13.5. The number of rotatable bonds is 7. The van der Waals surface area contributed by atoms with Crippen molar-refractivity contribution >= 4 is 33.5 Å². The second-order valence-electron chi connectivity index (χ2n) is 10.6. The van der Waals surface area contributed by atoms with Crippen molar-refractivity contribution in [2.45, 2.75) is 37.3 Å². The van der Waals surface area contributed by atoms with Gasteiger partial charge in [0.25, 0.3) is 0 Å². The number of nitrogens with zero attached hydrogens (tertiary/aromatic N) is 2. The largest absolute Gasteiger partial charge is 0.495 e. The molecular formula is C31H35N3O4. The van der Waals surface area contributed by atoms with Gasteiger partial charge in [-0.25, -0.2) is 0 Å². The Kier molecular flexibility index (Phi) is 6.82. The number of amides is 1. The zero-order valence-corrected chi connectivity index (χ0v) is 21.9. The number of piperidine rings is 1. The monoisotopic (exact) mass is 513 g/mol. The molecule has 0 radical (unpaired) electrons. The fourth-order valence-electron chi connectivity index (χ4n) is 6.44. The molecule has 7 nitrogen and oxygen atoms in total. The number of aliphatic hydroxyl groups is 1. The van der Waals surface area contributed by atoms with Gasteiger partial charge in [-0.05, 0) is 49.9 Å². The lowest BCUT2D eigenvalue weighted by Gasteiger charge is -2.48. The fourth-order valence-corrected chi connectivity index (χ4v) is 6.44. The highest BCUT2D eigenvalue weighted by atomic mass is 16.5. The maximum Gasteiger partial charge on any atom is 0.238 e. The molecule has 38 heavy (non-hydrogen) atoms. The second-order valence-corrected chi connectivity index (χ2v) is 10.6. The number of aliphatic hydroxyl groups excluding tert-OH is 1. The van der Waals surface area contributed by atoms with Gasteiger partial charge in [0.2, 0.25) is 5.91 Å². The Morgan fingerprint density at radius 2 is 1.87 bits per heavy atom. The number of hydrogen-bond donors (Lipinski definition) is 2. The maximum absolute atomic E-state index is 13.1. The molecule has 3 aromatic carbocycles. The third-order valence-electron chi connectivity index (χ3n) is 8.43. The van der Waals surface area contributed by atoms with E-state index in [9.17, 15) is 9.90 Å². The summed E-state index contributed by atoms with van der Waals surface area (Å²) in [5.41, 5.74) is 3.23. The summed E-state index contributed by atoms with van der Waals surface area (Å²) in [7, 11) is 1.60. The van der Waals surface area contributed by atoms with Crippen LogP contribution in [0.3, 0.4) is 0 Å². The number of hydrogen-bond acceptors (Lipinski definition) is 6. The molecule has 4 aromatic rings. The van der Waals surface area contributed by atoms with Crippen molar-refractivity contribution in [3.63, 3.8) is 0 Å². The summed E-state index contributed by atoms with van der Waals surface area (Å²) in [4.78, 5) is 17.6. The van der Waals surface area contributed by atoms with Crippen molar-refractivity contribution in [3.05, 3.63) is 72.3 Å². The van der Waals surface area contributed by atoms with E-state index in [1.807, 2.05) is 42.5 Å². The number of anilines is 1. The number of carbonyl (C=O) groups is 1. The normalized spacial score (nSPS) is 22.4. The van der Waals surface area contributed by atoms with Crippen molar-refractivity contribution in [1.29, 1.82) is 0 Å². The van der Waals surface area contributed by atoms with Crippen LogP contribution in [0.1, 0.15) is 24.8 Å². The lowest BCUT2D eigenvalue weighted by atomic mass is 9.82. The van der Waals surface area contributed by atoms with Crippen LogP contribution in [0.4, 0.5) is 5.69 Å². The molecule has 6 rings (SSSR count). The molecule has 2 atom stereocenters. The van der Waals surface area contributed by atoms with Gasteiger partial charge in [0.15, 0.2) is 0 Å². The van der Waals surface area contributed by atoms with Gasteiger partial charge < -0.3 is 19.6 Å². The third kappa shape index (κ3) is 4.66. The van der Waals surface area contributed by atoms with Gasteiger partial charge in [-0.3, -0.25) is 14.6 Å². The van der Waals surface area contributed by atoms with Crippen LogP contribution in [0.25, 0.3) is 21.9 Å². The van der Waals surface area contributed by atoms with Crippen molar-refractivity contribution in [1.82, 2.24) is 9.80 Å². The first kappa shape index (κ1) is 24.9. The lowest BCUT2D eigenvalue weighted by molar-refractivity contribution is -0.120. The molecule has 2 fully saturated rings. The van der Waals surface area contributed by atoms with E-state index in [0.29, 0.717) is 23.6 Å². The number of methoxy groups -OCH3 is 1. The molecule has 3 heterocycles. The van der Waals surface area contributed by atoms with Crippen LogP contribution in [0, 0.1) is 0 Å². The van der Waals surface area contributed by atoms with Gasteiger partial charge in [0, 0.05) is 42.0 Å². The molecular weight excluding hydrogens is 478 g/mol. The van der Waals surface area contributed by atoms with Crippen LogP contribution < -0.4 is 10.1 Å². The molecule has 2 aliphatic heterocycles. The molecule has 198 valence electrons. The highest BCUT2D eigenvalue weighted by Crippen LogP contribution is 2.39. The zero-order chi connectivity index (χ0) is 26.1. The van der Waals surface area contributed by atoms with Crippen LogP contribution in [0.15, 0.2) is 71.1 Å². The average molecular weight is 514 g/mol. The van der Waals surface area contributed by atoms with Crippen LogP contribution in [0.5, 0.6) is 5.75 Å². The standard InChI is InChI=1S/C31H35N3O4/c1-37-28-18-24-23-10-5-6-11-26(23)38-27(24)19-25(28)32-30(36)21-33-17-14-31(29(35)20-33)13-7-15-34(31)16-12-22-8-3-2-4-9-22/h2-6,8-11,18-19,29,35H,7,12-17,20-21H2,1H3,(H,32,36)/t29-,31-/m0/s1. The molecule has 2 aliphatic rings. The summed E-state index contributed by atoms with van der Waals surface area (Å²) in [5, 5.41) is 16.3. The Bertz CT molecular complexity index is 1440. The Balaban J connectivity index is 1.10. The third-order valence-corrected chi connectivity index (χ3v) is 8.43. The highest BCUT2D eigenvalue weighted by Gasteiger charge is 2.49. The molecule has 1 amide bonds. The number of nitrogens with one attached hydrogen (secondary N) is 1. The lowest BCUT2D eigenvalue weighted by Crippen LogP contribution is -2.62. The van der Waals surface area contributed by atoms with Gasteiger partial charge in [-0.2, -0.15) is 0 Å². The van der Waals surface area contributed by atoms with E-state index in [4.69, 9.17) is 9.15 Å². The Hall–Kier alpha value is -3.39. The topological polar surface area (TPSA) is 78.2 Å². The van der Waals surface area contributed by atoms with Crippen LogP contribution >= 0.6 is 0 Å². The quantitative estimate of drug-likeness (QED) is 0.374. The Morgan fingerprint density at radius 1 is 1.05 bits per heavy atom. The van der Waals surface area contributed by atoms with Gasteiger partial charge >= 0.3 is 0 Å². The number of furan rings is 1. The first-order valence-electron chi connectivity index (χ1n) is 13.5. The van der Waals surface area contributed by atoms with Gasteiger partial charge in [-0.15, -0.1) is 0 Å². The molecule has 0 aliphatic carbocycles. The predicted molar refractivity (Wildman–Crippen MR) is 150 cm³/mol. The van der Waals surface area contributed by atoms with E-state index in [2.05, 4.69) is 39.4 Å². The van der Waals surface area contributed by atoms with Crippen LogP contribution in [0.2, 0.25) is 0 Å². The smallest absolute Gasteiger partial charge is 0.238 e. The number of para-hydroxylation sites is 1. The zero-order valence-electron chi connectivity index (χ0n) is 21.9. The van der Waals surface area contributed by atoms with Gasteiger partial charge in [0.1, 0.15) is 16.9 Å². The summed E-state index contributed by atoms with van der Waals surface area (Å²) < 4.78 is 11.6. The van der Waals surface area contributed by atoms with Gasteiger partial charge in [-0.1, -0.05) is 48.5 Å². The minimum Gasteiger partial charge on any atom is -0.495 e. The Labute approximate surface area is 223 Å². The first-order chi connectivity index (χ1) is 18.6. The number of benzene rings is 3. The minimum atomic E-state index is -0.483. The summed E-state index contributed by atoms with van der Waals surface area (Å²) in [6.45, 7) is 3.47. The van der Waals surface area contributed by atoms with E-state index in [1.54, 1.807) is 7.11 Å². The summed E-state index contributed by atoms with van der Waals surface area (Å²) >= 11 is 0. The van der Waals surface area contributed by atoms with Crippen molar-refractivity contribution < 1.29 is 19.1 Å². The van der Waals surface area contributed by atoms with E-state index >= 15 is 0 Å². The minimum absolute atomic E-state index is 0.130. The maximum atomic E-state index is 13.1. The molecule has 0 unspecified atom stereocenters. The number of β-amino-alcohol motifs (C(OH)–C–C–N with tert-alkyl or cyclic N) is 1. The summed E-state index contributed by atoms with van der Waals surface area (Å²) in [6.07, 6.45) is 3.49. The second kappa shape index (κ2) is 10.4. The number of ether oxygens (including phenoxy) is 1. The van der Waals surface area contributed by atoms with E-state index < -0.39 is 6.10 Å². The summed E-state index contributed by atoms with van der Waals surface area (Å²) in [5.74, 6) is 0.462. The summed E-state index contributed by atoms with van der Waals surface area (Å²) in [6, 6.07) is 22.1. The number of fused-ring (bicyclic) bond motifs is 3. The molecule has 7 heteroatoms. The molecule has 2 saturated heterocycles. The molecule has 1 aromatic heterocycles. The molecule has 0 saturated carbocycles. The van der Waals surface area contributed by atoms with Crippen LogP contribution in [-0.4, -0.2) is 72.3 Å². The number of likely N-dealkylation sites (tertiary alicyclic amines) is 2. The van der Waals surface area contributed by atoms with E-state index in [-0.39, 0.29) is 18.0 Å². The van der Waals surface area contributed by atoms with E-state index in [1.165, 1.54) is 5.56 Å². The SMILES string of the molecule is COc1cc2c(cc1NC(=O)CN1CC[C@@]3(CCCN3CCc3ccccc3)[C@@H](O)C1)oc1ccccc12. The van der Waals surface area contributed by atoms with E-state index in [0.717, 1.165) is 61.7 Å². The molecule has 1 spiro atoms. The van der Waals surface area contributed by atoms with Crippen LogP contribution in [-0.2, 0) is 11.2 Å². The van der Waals surface area contributed by atoms with Crippen molar-refractivity contribution in [3.8, 4) is 5.75 Å². The fraction of sp³-hybridized carbons (Fsp3) is 0.387. The molecule has 0 bridgehead atoms. The van der Waals surface area contributed by atoms with Gasteiger partial charge in [0.05, 0.1) is 25.4 Å². The number of carbonyl (C=O) groups excluding carboxylic acids is 1. The highest BCUT2D eigenvalue weighted by molar-refractivity contribution is 6.07. The molecule has 2 N–H and O–H groups in total. The average Bonchev–Trinajstić information content (AvgIpc) is 3.51. The predicted octanol–water partition coefficient (Wildman–Crippen LogP) is 4.68. The van der Waals surface area contributed by atoms with Crippen molar-refractivity contribution in [2.75, 3.05) is 45.2 Å². The van der Waals surface area contributed by atoms with Crippen molar-refractivity contribution in [2.24, 2.45) is 0 Å². The Morgan fingerprint density at radius 3 is 2.68 bits per heavy atom.